The topological polar surface area (TPSA) is 160 Å². The highest BCUT2D eigenvalue weighted by Crippen LogP contribution is 2.51. The van der Waals surface area contributed by atoms with Gasteiger partial charge >= 0.3 is 17.9 Å². The van der Waals surface area contributed by atoms with Crippen LogP contribution in [0.15, 0.2) is 134 Å². The smallest absolute Gasteiger partial charge is 0.337 e. The average molecular weight is 1420 g/mol. The Labute approximate surface area is 620 Å². The Hall–Kier alpha value is -10.1. The fourth-order valence-corrected chi connectivity index (χ4v) is 19.7. The van der Waals surface area contributed by atoms with Crippen molar-refractivity contribution in [3.05, 3.63) is 178 Å². The Morgan fingerprint density at radius 2 is 0.755 bits per heavy atom. The summed E-state index contributed by atoms with van der Waals surface area (Å²) in [5.74, 6) is 0.253. The zero-order valence-electron chi connectivity index (χ0n) is 62.6. The van der Waals surface area contributed by atoms with Gasteiger partial charge in [-0.15, -0.1) is 0 Å². The third-order valence-electron chi connectivity index (χ3n) is 24.7. The van der Waals surface area contributed by atoms with Crippen molar-refractivity contribution in [3.8, 4) is 33.8 Å². The number of aromatic carboxylic acids is 1. The summed E-state index contributed by atoms with van der Waals surface area (Å²) in [6.07, 6.45) is 28.0. The molecule has 16 heteroatoms. The van der Waals surface area contributed by atoms with Crippen molar-refractivity contribution in [3.63, 3.8) is 0 Å². The number of carboxylic acid groups (broad SMARTS) is 1. The van der Waals surface area contributed by atoms with E-state index in [1.807, 2.05) is 67.8 Å². The lowest BCUT2D eigenvalue weighted by atomic mass is 9.81. The third kappa shape index (κ3) is 12.2. The molecule has 16 nitrogen and oxygen atoms in total. The van der Waals surface area contributed by atoms with Gasteiger partial charge in [0.2, 0.25) is 0 Å². The maximum absolute atomic E-state index is 13.5. The number of para-hydroxylation sites is 3. The summed E-state index contributed by atoms with van der Waals surface area (Å²) in [5, 5.41) is 16.8. The molecule has 0 saturated heterocycles. The molecule has 0 spiro atoms. The van der Waals surface area contributed by atoms with Gasteiger partial charge in [0.25, 0.3) is 11.8 Å². The number of fused-ring (bicyclic) bond motifs is 12. The van der Waals surface area contributed by atoms with E-state index in [4.69, 9.17) is 9.47 Å². The number of aromatic nitrogens is 6. The zero-order chi connectivity index (χ0) is 73.0. The molecule has 9 heterocycles. The van der Waals surface area contributed by atoms with Crippen LogP contribution < -0.4 is 0 Å². The summed E-state index contributed by atoms with van der Waals surface area (Å²) >= 11 is 0. The van der Waals surface area contributed by atoms with Crippen molar-refractivity contribution < 1.29 is 38.6 Å². The number of carboxylic acids is 1. The van der Waals surface area contributed by atoms with E-state index in [-0.39, 0.29) is 23.8 Å². The molecule has 18 rings (SSSR count). The number of methoxy groups -OCH3 is 2. The van der Waals surface area contributed by atoms with Crippen molar-refractivity contribution in [1.29, 1.82) is 0 Å². The molecular weight excluding hydrogens is 1320 g/mol. The van der Waals surface area contributed by atoms with Gasteiger partial charge in [0, 0.05) is 150 Å². The number of carbonyl (C=O) groups excluding carboxylic acids is 4. The van der Waals surface area contributed by atoms with Gasteiger partial charge in [-0.3, -0.25) is 9.59 Å². The highest BCUT2D eigenvalue weighted by Gasteiger charge is 2.35. The van der Waals surface area contributed by atoms with Crippen molar-refractivity contribution >= 4 is 95.1 Å². The zero-order valence-corrected chi connectivity index (χ0v) is 62.6. The van der Waals surface area contributed by atoms with Crippen LogP contribution in [-0.2, 0) is 48.7 Å². The second-order valence-electron chi connectivity index (χ2n) is 30.4. The minimum atomic E-state index is -0.891. The SMILES string of the molecule is CCN(CC)C(=O)c1cn2c3c(cccc13)-c1c(C3CCCCC3)c3ccc(C(=O)O)cc3n1CCC2.CCN(CC)C(=O)c1cn2c3c(cccc13)-c1c(C3CCCCC3)c3ccc(C(=O)OC)cc3n1CCC2.COC(=O)c1ccc2c(C3CCCCC3)c3n(c2c1)CCCn1ccc2cccc-3c21. The van der Waals surface area contributed by atoms with E-state index in [0.29, 0.717) is 60.6 Å². The fraction of sp³-hybridized carbons (Fsp3) is 0.411. The number of benzene rings is 6. The number of hydrogen-bond donors (Lipinski definition) is 1. The number of esters is 2. The number of nitrogens with zero attached hydrogens (tertiary/aromatic N) is 8. The van der Waals surface area contributed by atoms with Crippen LogP contribution in [0, 0.1) is 0 Å². The standard InChI is InChI=1S/C32H37N3O3.C31H35N3O3.C27H28N2O2/c1-4-33(5-2)31(36)26-20-34-17-10-18-35-27-19-22(32(37)38-3)15-16-24(27)28(21-11-7-6-8-12-21)30(35)25-14-9-13-23(26)29(25)34;1-3-32(4-2)30(35)25-19-33-16-9-17-34-26-18-21(31(36)37)14-15-23(26)27(20-10-6-5-7-11-20)29(34)24-13-8-12-22(25)28(24)33;1-31-27(30)20-11-12-21-23(17-20)29-15-6-14-28-16-13-19-9-5-10-22(25(19)28)26(29)24(21)18-7-3-2-4-8-18/h9,13-16,19-21H,4-8,10-12,17-18H2,1-3H3;8,12-15,18-20H,3-7,9-11,16-17H2,1-2H3,(H,36,37);5,9-13,16-18H,2-4,6-8,14-15H2,1H3. The van der Waals surface area contributed by atoms with Gasteiger partial charge in [-0.25, -0.2) is 14.4 Å². The monoisotopic (exact) mass is 1420 g/mol. The fourth-order valence-electron chi connectivity index (χ4n) is 19.7. The third-order valence-corrected chi connectivity index (χ3v) is 24.7. The van der Waals surface area contributed by atoms with E-state index in [1.54, 1.807) is 6.07 Å². The van der Waals surface area contributed by atoms with Gasteiger partial charge in [0.15, 0.2) is 0 Å². The highest BCUT2D eigenvalue weighted by molar-refractivity contribution is 6.13. The van der Waals surface area contributed by atoms with Gasteiger partial charge in [-0.2, -0.15) is 0 Å². The van der Waals surface area contributed by atoms with E-state index in [9.17, 15) is 29.1 Å². The minimum absolute atomic E-state index is 0.0873. The molecule has 0 bridgehead atoms. The van der Waals surface area contributed by atoms with Crippen molar-refractivity contribution in [1.82, 2.24) is 37.2 Å². The van der Waals surface area contributed by atoms with Crippen molar-refractivity contribution in [2.45, 2.75) is 200 Å². The molecule has 6 aliphatic rings. The van der Waals surface area contributed by atoms with E-state index in [1.165, 1.54) is 175 Å². The number of hydrogen-bond acceptors (Lipinski definition) is 7. The lowest BCUT2D eigenvalue weighted by Crippen LogP contribution is -2.30. The first-order valence-electron chi connectivity index (χ1n) is 39.7. The molecule has 3 saturated carbocycles. The summed E-state index contributed by atoms with van der Waals surface area (Å²) < 4.78 is 24.4. The number of rotatable bonds is 12. The maximum Gasteiger partial charge on any atom is 0.337 e. The predicted molar refractivity (Wildman–Crippen MR) is 424 cm³/mol. The largest absolute Gasteiger partial charge is 0.478 e. The van der Waals surface area contributed by atoms with Crippen LogP contribution in [0.1, 0.15) is 230 Å². The van der Waals surface area contributed by atoms with Gasteiger partial charge in [0.05, 0.1) is 75.7 Å². The van der Waals surface area contributed by atoms with Crippen LogP contribution in [0.5, 0.6) is 0 Å². The van der Waals surface area contributed by atoms with Crippen LogP contribution in [0.25, 0.3) is 99.2 Å². The maximum atomic E-state index is 13.5. The van der Waals surface area contributed by atoms with Gasteiger partial charge in [-0.1, -0.05) is 131 Å². The van der Waals surface area contributed by atoms with E-state index >= 15 is 0 Å². The Balaban J connectivity index is 0.000000122. The van der Waals surface area contributed by atoms with Crippen LogP contribution in [0.4, 0.5) is 0 Å². The molecule has 548 valence electrons. The van der Waals surface area contributed by atoms with Crippen molar-refractivity contribution in [2.24, 2.45) is 0 Å². The Kier molecular flexibility index (Phi) is 19.7. The van der Waals surface area contributed by atoms with Gasteiger partial charge < -0.3 is 51.8 Å². The number of carbonyl (C=O) groups is 5. The number of amides is 2. The predicted octanol–water partition coefficient (Wildman–Crippen LogP) is 20.4. The van der Waals surface area contributed by atoms with Gasteiger partial charge in [-0.05, 0) is 162 Å². The first-order valence-corrected chi connectivity index (χ1v) is 39.7. The van der Waals surface area contributed by atoms with Crippen LogP contribution in [0.2, 0.25) is 0 Å². The molecule has 3 aliphatic carbocycles. The average Bonchev–Trinajstić information content (AvgIpc) is 1.58. The Morgan fingerprint density at radius 1 is 0.396 bits per heavy atom. The molecule has 2 amide bonds. The van der Waals surface area contributed by atoms with E-state index < -0.39 is 5.97 Å². The molecule has 0 atom stereocenters. The highest BCUT2D eigenvalue weighted by atomic mass is 16.5. The number of aryl methyl sites for hydroxylation is 6. The molecule has 0 radical (unpaired) electrons. The Bertz CT molecular complexity index is 5410. The quantitative estimate of drug-likeness (QED) is 0.118. The van der Waals surface area contributed by atoms with Crippen LogP contribution in [-0.4, -0.2) is 112 Å². The van der Waals surface area contributed by atoms with Gasteiger partial charge in [0.1, 0.15) is 0 Å². The summed E-state index contributed by atoms with van der Waals surface area (Å²) in [4.78, 5) is 67.5. The second-order valence-corrected chi connectivity index (χ2v) is 30.4. The molecule has 6 aromatic carbocycles. The minimum Gasteiger partial charge on any atom is -0.478 e. The van der Waals surface area contributed by atoms with Crippen molar-refractivity contribution in [2.75, 3.05) is 40.4 Å². The molecule has 0 unspecified atom stereocenters. The normalized spacial score (nSPS) is 16.1. The molecule has 12 aromatic rings. The summed E-state index contributed by atoms with van der Waals surface area (Å²) in [6, 6.07) is 39.7. The lowest BCUT2D eigenvalue weighted by Gasteiger charge is -2.25. The van der Waals surface area contributed by atoms with Crippen LogP contribution >= 0.6 is 0 Å². The molecule has 3 aliphatic heterocycles. The number of ether oxygens (including phenoxy) is 2. The molecular formula is C90H100N8O8. The molecule has 3 fully saturated rings. The second kappa shape index (κ2) is 29.7. The molecule has 106 heavy (non-hydrogen) atoms. The lowest BCUT2D eigenvalue weighted by molar-refractivity contribution is 0.0592. The summed E-state index contributed by atoms with van der Waals surface area (Å²) in [7, 11) is 2.90. The van der Waals surface area contributed by atoms with Crippen LogP contribution in [0.3, 0.4) is 0 Å². The first kappa shape index (κ1) is 70.2. The first-order chi connectivity index (χ1) is 51.9. The van der Waals surface area contributed by atoms with E-state index in [0.717, 1.165) is 121 Å². The van der Waals surface area contributed by atoms with E-state index in [2.05, 4.69) is 125 Å². The summed E-state index contributed by atoms with van der Waals surface area (Å²) in [5.41, 5.74) is 21.9. The molecule has 6 aromatic heterocycles. The summed E-state index contributed by atoms with van der Waals surface area (Å²) in [6.45, 7) is 16.2. The Morgan fingerprint density at radius 3 is 1.13 bits per heavy atom. The molecule has 1 N–H and O–H groups in total.